The van der Waals surface area contributed by atoms with Gasteiger partial charge in [-0.05, 0) is 24.6 Å². The highest BCUT2D eigenvalue weighted by Crippen LogP contribution is 2.20. The van der Waals surface area contributed by atoms with Gasteiger partial charge in [0.25, 0.3) is 0 Å². The lowest BCUT2D eigenvalue weighted by atomic mass is 10.2. The number of fused-ring (bicyclic) bond motifs is 1. The predicted octanol–water partition coefficient (Wildman–Crippen LogP) is 2.34. The van der Waals surface area contributed by atoms with Crippen LogP contribution in [-0.4, -0.2) is 49.8 Å². The molecular formula is C18H22FN5O. The molecule has 1 saturated heterocycles. The number of halogens is 1. The summed E-state index contributed by atoms with van der Waals surface area (Å²) in [6, 6.07) is 6.05. The highest BCUT2D eigenvalue weighted by atomic mass is 19.1. The summed E-state index contributed by atoms with van der Waals surface area (Å²) < 4.78 is 22.1. The van der Waals surface area contributed by atoms with E-state index in [0.717, 1.165) is 22.7 Å². The number of ether oxygens (including phenoxy) is 1. The minimum Gasteiger partial charge on any atom is -0.366 e. The van der Waals surface area contributed by atoms with Crippen molar-refractivity contribution in [1.29, 1.82) is 0 Å². The lowest BCUT2D eigenvalue weighted by Gasteiger charge is -2.15. The molecule has 1 aliphatic rings. The maximum atomic E-state index is 14.3. The van der Waals surface area contributed by atoms with Gasteiger partial charge in [0.15, 0.2) is 0 Å². The smallest absolute Gasteiger partial charge is 0.140 e. The number of H-pyrrole nitrogens is 1. The molecule has 1 fully saturated rings. The molecule has 6 nitrogen and oxygen atoms in total. The quantitative estimate of drug-likeness (QED) is 0.773. The number of benzene rings is 1. The summed E-state index contributed by atoms with van der Waals surface area (Å²) in [4.78, 5) is 14.1. The number of aryl methyl sites for hydroxylation is 2. The van der Waals surface area contributed by atoms with E-state index in [-0.39, 0.29) is 6.61 Å². The molecule has 3 heterocycles. The Morgan fingerprint density at radius 3 is 3.04 bits per heavy atom. The molecular weight excluding hydrogens is 321 g/mol. The fourth-order valence-electron chi connectivity index (χ4n) is 3.27. The monoisotopic (exact) mass is 343 g/mol. The van der Waals surface area contributed by atoms with Gasteiger partial charge in [-0.2, -0.15) is 0 Å². The molecule has 132 valence electrons. The summed E-state index contributed by atoms with van der Waals surface area (Å²) in [5.74, 6) is 1.66. The van der Waals surface area contributed by atoms with E-state index in [1.807, 2.05) is 47.8 Å². The van der Waals surface area contributed by atoms with Crippen molar-refractivity contribution in [2.75, 3.05) is 13.1 Å². The molecule has 3 aromatic rings. The van der Waals surface area contributed by atoms with Gasteiger partial charge < -0.3 is 14.3 Å². The number of nitrogens with zero attached hydrogens (tertiary/aromatic N) is 4. The zero-order valence-electron chi connectivity index (χ0n) is 14.4. The Kier molecular flexibility index (Phi) is 4.27. The molecule has 0 bridgehead atoms. The molecule has 2 aromatic heterocycles. The highest BCUT2D eigenvalue weighted by Gasteiger charge is 2.34. The van der Waals surface area contributed by atoms with Crippen LogP contribution in [0.3, 0.4) is 0 Å². The molecule has 0 radical (unpaired) electrons. The van der Waals surface area contributed by atoms with Crippen LogP contribution in [0.4, 0.5) is 4.39 Å². The van der Waals surface area contributed by atoms with Crippen molar-refractivity contribution in [3.63, 3.8) is 0 Å². The molecule has 1 aliphatic heterocycles. The Morgan fingerprint density at radius 1 is 1.36 bits per heavy atom. The van der Waals surface area contributed by atoms with Crippen molar-refractivity contribution in [2.45, 2.75) is 32.4 Å². The van der Waals surface area contributed by atoms with Crippen molar-refractivity contribution in [1.82, 2.24) is 24.4 Å². The normalized spacial score (nSPS) is 21.4. The minimum absolute atomic E-state index is 0.287. The lowest BCUT2D eigenvalue weighted by Crippen LogP contribution is -2.25. The highest BCUT2D eigenvalue weighted by molar-refractivity contribution is 5.75. The van der Waals surface area contributed by atoms with E-state index in [2.05, 4.69) is 15.0 Å². The zero-order chi connectivity index (χ0) is 17.4. The number of rotatable bonds is 5. The number of imidazole rings is 2. The van der Waals surface area contributed by atoms with Gasteiger partial charge in [-0.3, -0.25) is 4.90 Å². The van der Waals surface area contributed by atoms with E-state index in [9.17, 15) is 4.39 Å². The fourth-order valence-corrected chi connectivity index (χ4v) is 3.27. The van der Waals surface area contributed by atoms with Crippen molar-refractivity contribution in [2.24, 2.45) is 7.05 Å². The molecule has 25 heavy (non-hydrogen) atoms. The molecule has 1 aromatic carbocycles. The van der Waals surface area contributed by atoms with E-state index >= 15 is 0 Å². The predicted molar refractivity (Wildman–Crippen MR) is 92.8 cm³/mol. The van der Waals surface area contributed by atoms with Crippen LogP contribution in [0.1, 0.15) is 17.2 Å². The van der Waals surface area contributed by atoms with Gasteiger partial charge >= 0.3 is 0 Å². The second-order valence-corrected chi connectivity index (χ2v) is 6.72. The van der Waals surface area contributed by atoms with Crippen LogP contribution in [0.25, 0.3) is 11.0 Å². The van der Waals surface area contributed by atoms with Crippen LogP contribution in [0.5, 0.6) is 0 Å². The average molecular weight is 343 g/mol. The Morgan fingerprint density at radius 2 is 2.24 bits per heavy atom. The topological polar surface area (TPSA) is 59.0 Å². The van der Waals surface area contributed by atoms with E-state index in [4.69, 9.17) is 4.74 Å². The Bertz CT molecular complexity index is 873. The number of alkyl halides is 1. The number of aromatic nitrogens is 4. The van der Waals surface area contributed by atoms with Gasteiger partial charge in [-0.1, -0.05) is 6.07 Å². The van der Waals surface area contributed by atoms with Crippen LogP contribution in [0.15, 0.2) is 30.6 Å². The Balaban J connectivity index is 1.36. The maximum Gasteiger partial charge on any atom is 0.140 e. The molecule has 2 atom stereocenters. The SMILES string of the molecule is Cc1ccc2nc(CO[C@H]3CN(Cc4nccn4C)C[C@H]3F)[nH]c2c1. The first-order chi connectivity index (χ1) is 12.1. The van der Waals surface area contributed by atoms with Crippen molar-refractivity contribution in [3.05, 3.63) is 47.8 Å². The molecule has 4 rings (SSSR count). The third kappa shape index (κ3) is 3.43. The molecule has 0 aliphatic carbocycles. The van der Waals surface area contributed by atoms with Crippen molar-refractivity contribution < 1.29 is 9.13 Å². The average Bonchev–Trinajstić information content (AvgIpc) is 3.25. The largest absolute Gasteiger partial charge is 0.366 e. The Labute approximate surface area is 145 Å². The van der Waals surface area contributed by atoms with Gasteiger partial charge in [0.05, 0.1) is 17.6 Å². The van der Waals surface area contributed by atoms with Crippen LogP contribution < -0.4 is 0 Å². The number of hydrogen-bond acceptors (Lipinski definition) is 4. The standard InChI is InChI=1S/C18H22FN5O/c1-12-3-4-14-15(7-12)22-17(21-14)11-25-16-9-24(8-13(16)19)10-18-20-5-6-23(18)2/h3-7,13,16H,8-11H2,1-2H3,(H,21,22)/t13-,16+/m1/s1. The van der Waals surface area contributed by atoms with Crippen LogP contribution >= 0.6 is 0 Å². The summed E-state index contributed by atoms with van der Waals surface area (Å²) in [5.41, 5.74) is 3.07. The summed E-state index contributed by atoms with van der Waals surface area (Å²) >= 11 is 0. The second-order valence-electron chi connectivity index (χ2n) is 6.72. The van der Waals surface area contributed by atoms with E-state index in [0.29, 0.717) is 19.6 Å². The summed E-state index contributed by atoms with van der Waals surface area (Å²) in [6.45, 7) is 3.89. The molecule has 0 saturated carbocycles. The molecule has 0 spiro atoms. The lowest BCUT2D eigenvalue weighted by molar-refractivity contribution is 0.00857. The Hall–Kier alpha value is -2.25. The van der Waals surface area contributed by atoms with Gasteiger partial charge in [-0.15, -0.1) is 0 Å². The molecule has 1 N–H and O–H groups in total. The maximum absolute atomic E-state index is 14.3. The van der Waals surface area contributed by atoms with Crippen LogP contribution in [0.2, 0.25) is 0 Å². The number of likely N-dealkylation sites (tertiary alicyclic amines) is 1. The van der Waals surface area contributed by atoms with Gasteiger partial charge in [0.2, 0.25) is 0 Å². The van der Waals surface area contributed by atoms with Crippen molar-refractivity contribution in [3.8, 4) is 0 Å². The van der Waals surface area contributed by atoms with E-state index in [1.54, 1.807) is 6.20 Å². The van der Waals surface area contributed by atoms with Crippen LogP contribution in [-0.2, 0) is 24.9 Å². The molecule has 7 heteroatoms. The first-order valence-electron chi connectivity index (χ1n) is 8.48. The summed E-state index contributed by atoms with van der Waals surface area (Å²) in [6.07, 6.45) is 2.23. The zero-order valence-corrected chi connectivity index (χ0v) is 14.4. The number of nitrogens with one attached hydrogen (secondary N) is 1. The first-order valence-corrected chi connectivity index (χ1v) is 8.48. The second kappa shape index (κ2) is 6.57. The van der Waals surface area contributed by atoms with Gasteiger partial charge in [0.1, 0.15) is 30.5 Å². The van der Waals surface area contributed by atoms with Crippen LogP contribution in [0, 0.1) is 6.92 Å². The first kappa shape index (κ1) is 16.2. The fraction of sp³-hybridized carbons (Fsp3) is 0.444. The summed E-state index contributed by atoms with van der Waals surface area (Å²) in [5, 5.41) is 0. The third-order valence-electron chi connectivity index (χ3n) is 4.68. The van der Waals surface area contributed by atoms with E-state index in [1.165, 1.54) is 5.56 Å². The van der Waals surface area contributed by atoms with E-state index < -0.39 is 12.3 Å². The summed E-state index contributed by atoms with van der Waals surface area (Å²) in [7, 11) is 1.95. The number of hydrogen-bond donors (Lipinski definition) is 1. The van der Waals surface area contributed by atoms with Gasteiger partial charge in [-0.25, -0.2) is 14.4 Å². The third-order valence-corrected chi connectivity index (χ3v) is 4.68. The van der Waals surface area contributed by atoms with Crippen molar-refractivity contribution >= 4 is 11.0 Å². The number of aromatic amines is 1. The molecule has 0 unspecified atom stereocenters. The minimum atomic E-state index is -0.994. The molecule has 0 amide bonds. The van der Waals surface area contributed by atoms with Gasteiger partial charge in [0, 0.05) is 32.5 Å².